The van der Waals surface area contributed by atoms with Gasteiger partial charge in [0, 0.05) is 24.8 Å². The Hall–Kier alpha value is -2.45. The van der Waals surface area contributed by atoms with Crippen LogP contribution in [-0.2, 0) is 14.8 Å². The van der Waals surface area contributed by atoms with E-state index in [4.69, 9.17) is 0 Å². The van der Waals surface area contributed by atoms with Crippen molar-refractivity contribution in [3.63, 3.8) is 0 Å². The minimum atomic E-state index is -3.74. The summed E-state index contributed by atoms with van der Waals surface area (Å²) < 4.78 is 27.4. The first-order chi connectivity index (χ1) is 13.7. The molecule has 8 heteroatoms. The Morgan fingerprint density at radius 2 is 1.76 bits per heavy atom. The fourth-order valence-corrected chi connectivity index (χ4v) is 4.56. The Labute approximate surface area is 172 Å². The van der Waals surface area contributed by atoms with E-state index in [1.54, 1.807) is 19.1 Å². The average molecular weight is 417 g/mol. The molecule has 29 heavy (non-hydrogen) atoms. The lowest BCUT2D eigenvalue weighted by Gasteiger charge is -2.33. The standard InChI is InChI=1S/C21H28N4O3S/c1-15-7-9-19(10-8-15)29(27,28)24-17(3)21(26)23-18-11-13-25(14-12-18)20-6-4-5-16(2)22-20/h4-10,17-18,24H,11-14H2,1-3H3,(H,23,26)/t17-/m0/s1. The van der Waals surface area contributed by atoms with Gasteiger partial charge in [0.05, 0.1) is 10.9 Å². The number of benzene rings is 1. The lowest BCUT2D eigenvalue weighted by Crippen LogP contribution is -2.51. The molecule has 3 rings (SSSR count). The van der Waals surface area contributed by atoms with E-state index < -0.39 is 16.1 Å². The number of carbonyl (C=O) groups excluding carboxylic acids is 1. The summed E-state index contributed by atoms with van der Waals surface area (Å²) in [7, 11) is -3.74. The van der Waals surface area contributed by atoms with E-state index in [-0.39, 0.29) is 16.8 Å². The first-order valence-electron chi connectivity index (χ1n) is 9.82. The number of anilines is 1. The monoisotopic (exact) mass is 416 g/mol. The summed E-state index contributed by atoms with van der Waals surface area (Å²) in [5, 5.41) is 2.97. The third kappa shape index (κ3) is 5.55. The van der Waals surface area contributed by atoms with Gasteiger partial charge in [0.25, 0.3) is 0 Å². The molecule has 1 aromatic carbocycles. The highest BCUT2D eigenvalue weighted by atomic mass is 32.2. The Kier molecular flexibility index (Phi) is 6.54. The second-order valence-corrected chi connectivity index (χ2v) is 9.28. The summed E-state index contributed by atoms with van der Waals surface area (Å²) in [6.45, 7) is 7.01. The van der Waals surface area contributed by atoms with Crippen LogP contribution < -0.4 is 14.9 Å². The van der Waals surface area contributed by atoms with Gasteiger partial charge < -0.3 is 10.2 Å². The van der Waals surface area contributed by atoms with Crippen molar-refractivity contribution in [1.82, 2.24) is 15.0 Å². The van der Waals surface area contributed by atoms with Crippen LogP contribution in [0.2, 0.25) is 0 Å². The number of pyridine rings is 1. The topological polar surface area (TPSA) is 91.4 Å². The van der Waals surface area contributed by atoms with E-state index in [0.29, 0.717) is 0 Å². The molecule has 0 spiro atoms. The van der Waals surface area contributed by atoms with E-state index in [2.05, 4.69) is 19.9 Å². The highest BCUT2D eigenvalue weighted by molar-refractivity contribution is 7.89. The number of hydrogen-bond acceptors (Lipinski definition) is 5. The zero-order valence-corrected chi connectivity index (χ0v) is 17.9. The summed E-state index contributed by atoms with van der Waals surface area (Å²) in [4.78, 5) is 19.4. The summed E-state index contributed by atoms with van der Waals surface area (Å²) in [5.74, 6) is 0.641. The normalized spacial score (nSPS) is 16.4. The molecule has 1 amide bonds. The minimum Gasteiger partial charge on any atom is -0.356 e. The van der Waals surface area contributed by atoms with Gasteiger partial charge in [-0.3, -0.25) is 4.79 Å². The third-order valence-electron chi connectivity index (χ3n) is 5.10. The number of nitrogens with zero attached hydrogens (tertiary/aromatic N) is 2. The predicted molar refractivity (Wildman–Crippen MR) is 113 cm³/mol. The van der Waals surface area contributed by atoms with Crippen molar-refractivity contribution >= 4 is 21.7 Å². The maximum absolute atomic E-state index is 12.5. The SMILES string of the molecule is Cc1ccc(S(=O)(=O)N[C@@H](C)C(=O)NC2CCN(c3cccc(C)n3)CC2)cc1. The molecule has 1 atom stereocenters. The van der Waals surface area contributed by atoms with Gasteiger partial charge in [-0.05, 0) is 57.9 Å². The number of carbonyl (C=O) groups is 1. The van der Waals surface area contributed by atoms with Crippen molar-refractivity contribution in [3.05, 3.63) is 53.7 Å². The molecular formula is C21H28N4O3S. The first-order valence-corrected chi connectivity index (χ1v) is 11.3. The lowest BCUT2D eigenvalue weighted by molar-refractivity contribution is -0.123. The van der Waals surface area contributed by atoms with Crippen molar-refractivity contribution < 1.29 is 13.2 Å². The quantitative estimate of drug-likeness (QED) is 0.753. The molecule has 0 bridgehead atoms. The van der Waals surface area contributed by atoms with Crippen LogP contribution in [-0.4, -0.2) is 44.5 Å². The summed E-state index contributed by atoms with van der Waals surface area (Å²) in [5.41, 5.74) is 1.95. The van der Waals surface area contributed by atoms with Gasteiger partial charge in [0.2, 0.25) is 15.9 Å². The van der Waals surface area contributed by atoms with E-state index in [0.717, 1.165) is 43.0 Å². The Morgan fingerprint density at radius 1 is 1.10 bits per heavy atom. The Balaban J connectivity index is 1.52. The van der Waals surface area contributed by atoms with Crippen LogP contribution in [0.15, 0.2) is 47.4 Å². The number of aromatic nitrogens is 1. The first kappa shape index (κ1) is 21.3. The molecule has 1 aliphatic heterocycles. The number of aryl methyl sites for hydroxylation is 2. The number of amides is 1. The van der Waals surface area contributed by atoms with Crippen LogP contribution in [0.5, 0.6) is 0 Å². The number of piperidine rings is 1. The fraction of sp³-hybridized carbons (Fsp3) is 0.429. The van der Waals surface area contributed by atoms with Crippen LogP contribution in [0.3, 0.4) is 0 Å². The van der Waals surface area contributed by atoms with E-state index in [1.165, 1.54) is 12.1 Å². The molecule has 7 nitrogen and oxygen atoms in total. The molecule has 2 N–H and O–H groups in total. The summed E-state index contributed by atoms with van der Waals surface area (Å²) >= 11 is 0. The molecule has 1 fully saturated rings. The highest BCUT2D eigenvalue weighted by Gasteiger charge is 2.26. The third-order valence-corrected chi connectivity index (χ3v) is 6.65. The van der Waals surface area contributed by atoms with Gasteiger partial charge in [-0.15, -0.1) is 0 Å². The van der Waals surface area contributed by atoms with Crippen molar-refractivity contribution in [2.24, 2.45) is 0 Å². The number of hydrogen-bond donors (Lipinski definition) is 2. The van der Waals surface area contributed by atoms with Crippen LogP contribution in [0, 0.1) is 13.8 Å². The van der Waals surface area contributed by atoms with Crippen molar-refractivity contribution in [2.75, 3.05) is 18.0 Å². The fourth-order valence-electron chi connectivity index (χ4n) is 3.36. The number of sulfonamides is 1. The molecule has 2 heterocycles. The predicted octanol–water partition coefficient (Wildman–Crippen LogP) is 2.15. The minimum absolute atomic E-state index is 0.0230. The zero-order valence-electron chi connectivity index (χ0n) is 17.1. The molecule has 156 valence electrons. The molecule has 0 saturated carbocycles. The van der Waals surface area contributed by atoms with Crippen LogP contribution >= 0.6 is 0 Å². The molecular weight excluding hydrogens is 388 g/mol. The van der Waals surface area contributed by atoms with E-state index in [1.807, 2.05) is 32.0 Å². The second-order valence-electron chi connectivity index (χ2n) is 7.56. The van der Waals surface area contributed by atoms with Crippen molar-refractivity contribution in [2.45, 2.75) is 50.6 Å². The molecule has 0 unspecified atom stereocenters. The van der Waals surface area contributed by atoms with Gasteiger partial charge in [0.15, 0.2) is 0 Å². The molecule has 0 aliphatic carbocycles. The van der Waals surface area contributed by atoms with E-state index >= 15 is 0 Å². The number of nitrogens with one attached hydrogen (secondary N) is 2. The summed E-state index contributed by atoms with van der Waals surface area (Å²) in [6, 6.07) is 11.7. The van der Waals surface area contributed by atoms with Crippen LogP contribution in [0.1, 0.15) is 31.0 Å². The van der Waals surface area contributed by atoms with Gasteiger partial charge in [-0.1, -0.05) is 23.8 Å². The average Bonchev–Trinajstić information content (AvgIpc) is 2.68. The highest BCUT2D eigenvalue weighted by Crippen LogP contribution is 2.18. The zero-order chi connectivity index (χ0) is 21.0. The van der Waals surface area contributed by atoms with Crippen molar-refractivity contribution in [3.8, 4) is 0 Å². The molecule has 1 aliphatic rings. The number of rotatable bonds is 6. The lowest BCUT2D eigenvalue weighted by atomic mass is 10.0. The molecule has 1 saturated heterocycles. The Bertz CT molecular complexity index is 952. The largest absolute Gasteiger partial charge is 0.356 e. The maximum atomic E-state index is 12.5. The summed E-state index contributed by atoms with van der Waals surface area (Å²) in [6.07, 6.45) is 1.58. The van der Waals surface area contributed by atoms with Gasteiger partial charge >= 0.3 is 0 Å². The van der Waals surface area contributed by atoms with E-state index in [9.17, 15) is 13.2 Å². The second kappa shape index (κ2) is 8.92. The molecule has 0 radical (unpaired) electrons. The van der Waals surface area contributed by atoms with Gasteiger partial charge in [0.1, 0.15) is 5.82 Å². The van der Waals surface area contributed by atoms with Crippen molar-refractivity contribution in [1.29, 1.82) is 0 Å². The smallest absolute Gasteiger partial charge is 0.241 e. The van der Waals surface area contributed by atoms with Gasteiger partial charge in [-0.25, -0.2) is 13.4 Å². The van der Waals surface area contributed by atoms with Gasteiger partial charge in [-0.2, -0.15) is 4.72 Å². The van der Waals surface area contributed by atoms with Crippen LogP contribution in [0.4, 0.5) is 5.82 Å². The molecule has 1 aromatic heterocycles. The maximum Gasteiger partial charge on any atom is 0.241 e. The molecule has 2 aromatic rings. The van der Waals surface area contributed by atoms with Crippen LogP contribution in [0.25, 0.3) is 0 Å². The Morgan fingerprint density at radius 3 is 2.38 bits per heavy atom.